The van der Waals surface area contributed by atoms with Crippen molar-refractivity contribution in [3.05, 3.63) is 21.9 Å². The van der Waals surface area contributed by atoms with Gasteiger partial charge in [0.1, 0.15) is 0 Å². The van der Waals surface area contributed by atoms with E-state index in [1.54, 1.807) is 18.4 Å². The Hall–Kier alpha value is -0.670. The Morgan fingerprint density at radius 1 is 1.69 bits per heavy atom. The van der Waals surface area contributed by atoms with Crippen LogP contribution in [0.25, 0.3) is 0 Å². The van der Waals surface area contributed by atoms with E-state index in [0.717, 1.165) is 5.56 Å². The van der Waals surface area contributed by atoms with Crippen LogP contribution in [-0.2, 0) is 4.74 Å². The number of methoxy groups -OCH3 is 1. The molecule has 0 aliphatic heterocycles. The van der Waals surface area contributed by atoms with Crippen LogP contribution >= 0.6 is 11.3 Å². The van der Waals surface area contributed by atoms with Gasteiger partial charge in [-0.2, -0.15) is 0 Å². The van der Waals surface area contributed by atoms with Gasteiger partial charge in [0.2, 0.25) is 0 Å². The van der Waals surface area contributed by atoms with Gasteiger partial charge in [-0.1, -0.05) is 0 Å². The van der Waals surface area contributed by atoms with E-state index in [2.05, 4.69) is 0 Å². The van der Waals surface area contributed by atoms with E-state index < -0.39 is 0 Å². The van der Waals surface area contributed by atoms with Gasteiger partial charge in [0.15, 0.2) is 5.78 Å². The average Bonchev–Trinajstić information content (AvgIpc) is 2.51. The molecule has 0 saturated heterocycles. The first-order chi connectivity index (χ1) is 6.13. The zero-order valence-electron chi connectivity index (χ0n) is 8.16. The molecule has 1 unspecified atom stereocenters. The van der Waals surface area contributed by atoms with Crippen molar-refractivity contribution < 1.29 is 9.53 Å². The highest BCUT2D eigenvalue weighted by Crippen LogP contribution is 2.15. The lowest BCUT2D eigenvalue weighted by Crippen LogP contribution is -2.11. The number of thiophene rings is 1. The van der Waals surface area contributed by atoms with E-state index in [4.69, 9.17) is 4.74 Å². The number of carbonyl (C=O) groups excluding carboxylic acids is 1. The third kappa shape index (κ3) is 2.94. The summed E-state index contributed by atoms with van der Waals surface area (Å²) in [6, 6.07) is 1.93. The van der Waals surface area contributed by atoms with Crippen LogP contribution in [0.5, 0.6) is 0 Å². The number of ketones is 1. The number of hydrogen-bond acceptors (Lipinski definition) is 3. The van der Waals surface area contributed by atoms with Crippen LogP contribution in [-0.4, -0.2) is 19.0 Å². The minimum absolute atomic E-state index is 0.00714. The second kappa shape index (κ2) is 4.53. The van der Waals surface area contributed by atoms with Crippen molar-refractivity contribution in [3.8, 4) is 0 Å². The molecule has 0 fully saturated rings. The first kappa shape index (κ1) is 10.4. The van der Waals surface area contributed by atoms with Crippen molar-refractivity contribution >= 4 is 17.1 Å². The number of rotatable bonds is 4. The van der Waals surface area contributed by atoms with Crippen LogP contribution in [0.2, 0.25) is 0 Å². The Balaban J connectivity index is 2.58. The standard InChI is InChI=1S/C10H14O2S/c1-7(12-3)4-10(11)9-5-8(2)13-6-9/h5-7H,4H2,1-3H3. The van der Waals surface area contributed by atoms with Crippen molar-refractivity contribution in [1.29, 1.82) is 0 Å². The topological polar surface area (TPSA) is 26.3 Å². The fourth-order valence-electron chi connectivity index (χ4n) is 1.05. The maximum Gasteiger partial charge on any atom is 0.166 e. The van der Waals surface area contributed by atoms with E-state index in [0.29, 0.717) is 6.42 Å². The molecule has 13 heavy (non-hydrogen) atoms. The summed E-state index contributed by atoms with van der Waals surface area (Å²) < 4.78 is 5.03. The lowest BCUT2D eigenvalue weighted by Gasteiger charge is -2.06. The van der Waals surface area contributed by atoms with Crippen LogP contribution in [0.3, 0.4) is 0 Å². The normalized spacial score (nSPS) is 12.8. The molecule has 1 atom stereocenters. The fraction of sp³-hybridized carbons (Fsp3) is 0.500. The largest absolute Gasteiger partial charge is 0.381 e. The highest BCUT2D eigenvalue weighted by Gasteiger charge is 2.11. The molecule has 72 valence electrons. The zero-order chi connectivity index (χ0) is 9.84. The lowest BCUT2D eigenvalue weighted by atomic mass is 10.1. The van der Waals surface area contributed by atoms with Gasteiger partial charge in [-0.25, -0.2) is 0 Å². The van der Waals surface area contributed by atoms with E-state index in [1.165, 1.54) is 4.88 Å². The molecule has 0 aliphatic carbocycles. The molecule has 0 aromatic carbocycles. The van der Waals surface area contributed by atoms with Crippen LogP contribution < -0.4 is 0 Å². The Bertz CT molecular complexity index is 291. The Kier molecular flexibility index (Phi) is 3.63. The lowest BCUT2D eigenvalue weighted by molar-refractivity contribution is 0.0792. The Morgan fingerprint density at radius 3 is 2.85 bits per heavy atom. The molecular weight excluding hydrogens is 184 g/mol. The molecule has 1 rings (SSSR count). The van der Waals surface area contributed by atoms with Crippen LogP contribution in [0.15, 0.2) is 11.4 Å². The van der Waals surface area contributed by atoms with Crippen molar-refractivity contribution in [2.45, 2.75) is 26.4 Å². The van der Waals surface area contributed by atoms with Gasteiger partial charge in [-0.3, -0.25) is 4.79 Å². The highest BCUT2D eigenvalue weighted by molar-refractivity contribution is 7.10. The SMILES string of the molecule is COC(C)CC(=O)c1csc(C)c1. The number of carbonyl (C=O) groups is 1. The van der Waals surface area contributed by atoms with Gasteiger partial charge < -0.3 is 4.74 Å². The third-order valence-electron chi connectivity index (χ3n) is 1.93. The first-order valence-electron chi connectivity index (χ1n) is 4.24. The minimum atomic E-state index is 0.00714. The van der Waals surface area contributed by atoms with E-state index in [1.807, 2.05) is 25.3 Å². The second-order valence-corrected chi connectivity index (χ2v) is 4.24. The fourth-order valence-corrected chi connectivity index (χ4v) is 1.76. The van der Waals surface area contributed by atoms with Crippen molar-refractivity contribution in [3.63, 3.8) is 0 Å². The van der Waals surface area contributed by atoms with Crippen molar-refractivity contribution in [1.82, 2.24) is 0 Å². The number of ether oxygens (including phenoxy) is 1. The van der Waals surface area contributed by atoms with Gasteiger partial charge in [-0.05, 0) is 19.9 Å². The van der Waals surface area contributed by atoms with E-state index >= 15 is 0 Å². The minimum Gasteiger partial charge on any atom is -0.381 e. The summed E-state index contributed by atoms with van der Waals surface area (Å²) in [7, 11) is 1.62. The number of Topliss-reactive ketones (excluding diaryl/α,β-unsaturated/α-hetero) is 1. The monoisotopic (exact) mass is 198 g/mol. The predicted octanol–water partition coefficient (Wildman–Crippen LogP) is 2.66. The summed E-state index contributed by atoms with van der Waals surface area (Å²) in [5.41, 5.74) is 0.811. The smallest absolute Gasteiger partial charge is 0.166 e. The Morgan fingerprint density at radius 2 is 2.38 bits per heavy atom. The van der Waals surface area contributed by atoms with E-state index in [-0.39, 0.29) is 11.9 Å². The van der Waals surface area contributed by atoms with Gasteiger partial charge in [-0.15, -0.1) is 11.3 Å². The molecule has 0 bridgehead atoms. The van der Waals surface area contributed by atoms with Crippen LogP contribution in [0, 0.1) is 6.92 Å². The first-order valence-corrected chi connectivity index (χ1v) is 5.12. The predicted molar refractivity (Wildman–Crippen MR) is 54.5 cm³/mol. The van der Waals surface area contributed by atoms with Crippen LogP contribution in [0.4, 0.5) is 0 Å². The van der Waals surface area contributed by atoms with E-state index in [9.17, 15) is 4.79 Å². The Labute approximate surface area is 82.5 Å². The molecule has 3 heteroatoms. The molecule has 0 radical (unpaired) electrons. The number of hydrogen-bond donors (Lipinski definition) is 0. The van der Waals surface area contributed by atoms with Crippen LogP contribution in [0.1, 0.15) is 28.6 Å². The number of aryl methyl sites for hydroxylation is 1. The average molecular weight is 198 g/mol. The molecule has 2 nitrogen and oxygen atoms in total. The molecule has 1 aromatic heterocycles. The van der Waals surface area contributed by atoms with Gasteiger partial charge in [0.05, 0.1) is 6.10 Å². The van der Waals surface area contributed by atoms with Crippen molar-refractivity contribution in [2.75, 3.05) is 7.11 Å². The molecule has 1 heterocycles. The zero-order valence-corrected chi connectivity index (χ0v) is 8.98. The highest BCUT2D eigenvalue weighted by atomic mass is 32.1. The summed E-state index contributed by atoms with van der Waals surface area (Å²) in [5, 5.41) is 1.90. The van der Waals surface area contributed by atoms with Gasteiger partial charge in [0, 0.05) is 29.4 Å². The summed E-state index contributed by atoms with van der Waals surface area (Å²) in [5.74, 6) is 0.165. The third-order valence-corrected chi connectivity index (χ3v) is 2.79. The molecule has 0 amide bonds. The van der Waals surface area contributed by atoms with Crippen molar-refractivity contribution in [2.24, 2.45) is 0 Å². The summed E-state index contributed by atoms with van der Waals surface area (Å²) in [6.07, 6.45) is 0.472. The summed E-state index contributed by atoms with van der Waals surface area (Å²) in [4.78, 5) is 12.7. The second-order valence-electron chi connectivity index (χ2n) is 3.12. The molecule has 0 aliphatic rings. The van der Waals surface area contributed by atoms with Gasteiger partial charge >= 0.3 is 0 Å². The summed E-state index contributed by atoms with van der Waals surface area (Å²) in [6.45, 7) is 3.90. The molecule has 0 saturated carbocycles. The maximum atomic E-state index is 11.6. The maximum absolute atomic E-state index is 11.6. The molecule has 1 aromatic rings. The molecular formula is C10H14O2S. The molecule has 0 spiro atoms. The molecule has 0 N–H and O–H groups in total. The quantitative estimate of drug-likeness (QED) is 0.695. The summed E-state index contributed by atoms with van der Waals surface area (Å²) >= 11 is 1.61. The van der Waals surface area contributed by atoms with Gasteiger partial charge in [0.25, 0.3) is 0 Å².